The number of anilines is 1. The van der Waals surface area contributed by atoms with Gasteiger partial charge in [0.1, 0.15) is 5.15 Å². The molecule has 1 N–H and O–H groups in total. The van der Waals surface area contributed by atoms with Crippen molar-refractivity contribution >= 4 is 23.5 Å². The molecule has 0 saturated carbocycles. The number of rotatable bonds is 3. The Morgan fingerprint density at radius 1 is 1.32 bits per heavy atom. The second kappa shape index (κ2) is 5.71. The molecule has 1 aromatic carbocycles. The number of amides is 1. The first kappa shape index (κ1) is 13.4. The number of hydrogen-bond acceptors (Lipinski definition) is 3. The summed E-state index contributed by atoms with van der Waals surface area (Å²) in [6, 6.07) is 5.09. The molecule has 0 aliphatic rings. The van der Waals surface area contributed by atoms with E-state index in [2.05, 4.69) is 15.3 Å². The predicted octanol–water partition coefficient (Wildman–Crippen LogP) is 2.59. The molecule has 0 aliphatic heterocycles. The largest absolute Gasteiger partial charge is 0.294 e. The van der Waals surface area contributed by atoms with Crippen LogP contribution in [0.1, 0.15) is 5.56 Å². The van der Waals surface area contributed by atoms with Crippen molar-refractivity contribution in [1.29, 1.82) is 0 Å². The van der Waals surface area contributed by atoms with Crippen LogP contribution in [-0.4, -0.2) is 15.9 Å². The van der Waals surface area contributed by atoms with Gasteiger partial charge < -0.3 is 0 Å². The van der Waals surface area contributed by atoms with E-state index in [4.69, 9.17) is 11.6 Å². The highest BCUT2D eigenvalue weighted by Gasteiger charge is 2.12. The van der Waals surface area contributed by atoms with Crippen LogP contribution in [0.25, 0.3) is 0 Å². The van der Waals surface area contributed by atoms with Crippen molar-refractivity contribution in [3.05, 3.63) is 52.8 Å². The zero-order valence-electron chi connectivity index (χ0n) is 9.53. The predicted molar refractivity (Wildman–Crippen MR) is 65.7 cm³/mol. The minimum absolute atomic E-state index is 0.00862. The van der Waals surface area contributed by atoms with Crippen LogP contribution in [0.3, 0.4) is 0 Å². The number of halogens is 3. The molecule has 0 unspecified atom stereocenters. The minimum atomic E-state index is -1.04. The highest BCUT2D eigenvalue weighted by atomic mass is 35.5. The molecular weight excluding hydrogens is 276 g/mol. The van der Waals surface area contributed by atoms with E-state index in [1.807, 2.05) is 0 Å². The van der Waals surface area contributed by atoms with Crippen molar-refractivity contribution in [3.63, 3.8) is 0 Å². The summed E-state index contributed by atoms with van der Waals surface area (Å²) in [6.07, 6.45) is 1.05. The van der Waals surface area contributed by atoms with Gasteiger partial charge in [-0.15, -0.1) is 0 Å². The van der Waals surface area contributed by atoms with Gasteiger partial charge in [0.2, 0.25) is 11.9 Å². The molecule has 0 atom stereocenters. The van der Waals surface area contributed by atoms with Crippen LogP contribution in [0.5, 0.6) is 0 Å². The standard InChI is InChI=1S/C12H8ClF2N3O/c13-9-4-5-16-12(17-9)18-10(19)6-7-2-1-3-8(14)11(7)15/h1-5H,6H2,(H,16,17,18,19). The Morgan fingerprint density at radius 2 is 2.11 bits per heavy atom. The Labute approximate surface area is 112 Å². The van der Waals surface area contributed by atoms with E-state index >= 15 is 0 Å². The molecular formula is C12H8ClF2N3O. The third kappa shape index (κ3) is 3.45. The van der Waals surface area contributed by atoms with Crippen molar-refractivity contribution in [2.24, 2.45) is 0 Å². The highest BCUT2D eigenvalue weighted by Crippen LogP contribution is 2.13. The van der Waals surface area contributed by atoms with E-state index in [1.54, 1.807) is 0 Å². The van der Waals surface area contributed by atoms with Gasteiger partial charge in [-0.25, -0.2) is 18.7 Å². The fraction of sp³-hybridized carbons (Fsp3) is 0.0833. The van der Waals surface area contributed by atoms with Gasteiger partial charge in [0.05, 0.1) is 6.42 Å². The van der Waals surface area contributed by atoms with Crippen LogP contribution < -0.4 is 5.32 Å². The molecule has 4 nitrogen and oxygen atoms in total. The first-order valence-electron chi connectivity index (χ1n) is 5.27. The van der Waals surface area contributed by atoms with Gasteiger partial charge in [0, 0.05) is 11.8 Å². The molecule has 1 aromatic heterocycles. The van der Waals surface area contributed by atoms with E-state index in [0.29, 0.717) is 0 Å². The summed E-state index contributed by atoms with van der Waals surface area (Å²) in [5.41, 5.74) is -0.0421. The Kier molecular flexibility index (Phi) is 4.01. The van der Waals surface area contributed by atoms with E-state index in [0.717, 1.165) is 6.07 Å². The van der Waals surface area contributed by atoms with E-state index in [-0.39, 0.29) is 23.1 Å². The monoisotopic (exact) mass is 283 g/mol. The van der Waals surface area contributed by atoms with E-state index in [1.165, 1.54) is 24.4 Å². The number of carbonyl (C=O) groups excluding carboxylic acids is 1. The SMILES string of the molecule is O=C(Cc1cccc(F)c1F)Nc1nccc(Cl)n1. The van der Waals surface area contributed by atoms with E-state index in [9.17, 15) is 13.6 Å². The summed E-state index contributed by atoms with van der Waals surface area (Å²) in [6.45, 7) is 0. The van der Waals surface area contributed by atoms with Gasteiger partial charge in [0.15, 0.2) is 11.6 Å². The normalized spacial score (nSPS) is 10.3. The molecule has 0 aliphatic carbocycles. The quantitative estimate of drug-likeness (QED) is 0.881. The molecule has 1 amide bonds. The lowest BCUT2D eigenvalue weighted by atomic mass is 10.1. The maximum Gasteiger partial charge on any atom is 0.231 e. The number of nitrogens with zero attached hydrogens (tertiary/aromatic N) is 2. The molecule has 19 heavy (non-hydrogen) atoms. The molecule has 0 saturated heterocycles. The molecule has 1 heterocycles. The average Bonchev–Trinajstić information content (AvgIpc) is 2.35. The summed E-state index contributed by atoms with van der Waals surface area (Å²) in [7, 11) is 0. The zero-order valence-corrected chi connectivity index (χ0v) is 10.3. The van der Waals surface area contributed by atoms with Gasteiger partial charge in [0.25, 0.3) is 0 Å². The maximum absolute atomic E-state index is 13.4. The van der Waals surface area contributed by atoms with Crippen LogP contribution in [0.15, 0.2) is 30.5 Å². The van der Waals surface area contributed by atoms with Gasteiger partial charge in [-0.1, -0.05) is 23.7 Å². The van der Waals surface area contributed by atoms with Crippen LogP contribution in [-0.2, 0) is 11.2 Å². The number of nitrogens with one attached hydrogen (secondary N) is 1. The van der Waals surface area contributed by atoms with Gasteiger partial charge in [-0.3, -0.25) is 10.1 Å². The molecule has 0 spiro atoms. The minimum Gasteiger partial charge on any atom is -0.294 e. The van der Waals surface area contributed by atoms with Crippen molar-refractivity contribution in [2.45, 2.75) is 6.42 Å². The molecule has 0 fully saturated rings. The number of hydrogen-bond donors (Lipinski definition) is 1. The Morgan fingerprint density at radius 3 is 2.84 bits per heavy atom. The van der Waals surface area contributed by atoms with Gasteiger partial charge in [-0.05, 0) is 12.1 Å². The molecule has 98 valence electrons. The fourth-order valence-corrected chi connectivity index (χ4v) is 1.56. The van der Waals surface area contributed by atoms with Gasteiger partial charge >= 0.3 is 0 Å². The maximum atomic E-state index is 13.4. The second-order valence-electron chi connectivity index (χ2n) is 3.64. The first-order chi connectivity index (χ1) is 9.06. The lowest BCUT2D eigenvalue weighted by molar-refractivity contribution is -0.115. The zero-order chi connectivity index (χ0) is 13.8. The molecule has 0 bridgehead atoms. The van der Waals surface area contributed by atoms with Crippen LogP contribution in [0.2, 0.25) is 5.15 Å². The van der Waals surface area contributed by atoms with Crippen molar-refractivity contribution in [1.82, 2.24) is 9.97 Å². The lowest BCUT2D eigenvalue weighted by Gasteiger charge is -2.05. The summed E-state index contributed by atoms with van der Waals surface area (Å²) in [5.74, 6) is -2.59. The van der Waals surface area contributed by atoms with Crippen LogP contribution in [0.4, 0.5) is 14.7 Å². The summed E-state index contributed by atoms with van der Waals surface area (Å²) in [4.78, 5) is 19.1. The van der Waals surface area contributed by atoms with Crippen LogP contribution in [0, 0.1) is 11.6 Å². The number of aromatic nitrogens is 2. The van der Waals surface area contributed by atoms with E-state index < -0.39 is 17.5 Å². The van der Waals surface area contributed by atoms with Crippen LogP contribution >= 0.6 is 11.6 Å². The molecule has 2 rings (SSSR count). The van der Waals surface area contributed by atoms with Crippen molar-refractivity contribution < 1.29 is 13.6 Å². The Hall–Kier alpha value is -2.08. The van der Waals surface area contributed by atoms with Crippen molar-refractivity contribution in [2.75, 3.05) is 5.32 Å². The smallest absolute Gasteiger partial charge is 0.231 e. The average molecular weight is 284 g/mol. The Bertz CT molecular complexity index is 622. The fourth-order valence-electron chi connectivity index (χ4n) is 1.42. The molecule has 2 aromatic rings. The lowest BCUT2D eigenvalue weighted by Crippen LogP contribution is -2.17. The number of benzene rings is 1. The topological polar surface area (TPSA) is 54.9 Å². The third-order valence-corrected chi connectivity index (χ3v) is 2.47. The molecule has 7 heteroatoms. The number of carbonyl (C=O) groups is 1. The second-order valence-corrected chi connectivity index (χ2v) is 4.03. The first-order valence-corrected chi connectivity index (χ1v) is 5.65. The molecule has 0 radical (unpaired) electrons. The summed E-state index contributed by atoms with van der Waals surface area (Å²) in [5, 5.41) is 2.51. The van der Waals surface area contributed by atoms with Gasteiger partial charge in [-0.2, -0.15) is 0 Å². The summed E-state index contributed by atoms with van der Waals surface area (Å²) < 4.78 is 26.3. The van der Waals surface area contributed by atoms with Crippen molar-refractivity contribution in [3.8, 4) is 0 Å². The summed E-state index contributed by atoms with van der Waals surface area (Å²) >= 11 is 5.62. The highest BCUT2D eigenvalue weighted by molar-refractivity contribution is 6.29. The Balaban J connectivity index is 2.08. The third-order valence-electron chi connectivity index (χ3n) is 2.26.